The van der Waals surface area contributed by atoms with E-state index >= 15 is 0 Å². The molecule has 0 amide bonds. The maximum atomic E-state index is 13.4. The van der Waals surface area contributed by atoms with Crippen molar-refractivity contribution in [1.82, 2.24) is 0 Å². The molecular formula is C12H9BrF2OS. The van der Waals surface area contributed by atoms with E-state index < -0.39 is 17.7 Å². The highest BCUT2D eigenvalue weighted by Crippen LogP contribution is 2.29. The Morgan fingerprint density at radius 1 is 1.24 bits per heavy atom. The van der Waals surface area contributed by atoms with E-state index in [1.54, 1.807) is 6.07 Å². The third-order valence-electron chi connectivity index (χ3n) is 2.34. The molecule has 1 aromatic carbocycles. The lowest BCUT2D eigenvalue weighted by molar-refractivity contribution is 0.181. The maximum Gasteiger partial charge on any atom is 0.126 e. The number of thiophene rings is 1. The summed E-state index contributed by atoms with van der Waals surface area (Å²) in [6.45, 7) is 0. The summed E-state index contributed by atoms with van der Waals surface area (Å²) in [6.07, 6.45) is -0.751. The molecule has 0 radical (unpaired) electrons. The fourth-order valence-electron chi connectivity index (χ4n) is 1.52. The fraction of sp³-hybridized carbons (Fsp3) is 0.167. The lowest BCUT2D eigenvalue weighted by Crippen LogP contribution is -2.02. The van der Waals surface area contributed by atoms with E-state index in [-0.39, 0.29) is 12.0 Å². The van der Waals surface area contributed by atoms with Crippen LogP contribution in [-0.2, 0) is 6.42 Å². The van der Waals surface area contributed by atoms with Crippen molar-refractivity contribution in [3.63, 3.8) is 0 Å². The Bertz CT molecular complexity index is 527. The summed E-state index contributed by atoms with van der Waals surface area (Å²) in [4.78, 5) is 0.723. The number of hydrogen-bond acceptors (Lipinski definition) is 2. The Morgan fingerprint density at radius 3 is 2.65 bits per heavy atom. The van der Waals surface area contributed by atoms with Crippen molar-refractivity contribution < 1.29 is 13.9 Å². The molecule has 1 aromatic heterocycles. The van der Waals surface area contributed by atoms with Crippen LogP contribution in [0.3, 0.4) is 0 Å². The minimum absolute atomic E-state index is 0.0660. The van der Waals surface area contributed by atoms with Crippen LogP contribution in [0.5, 0.6) is 0 Å². The van der Waals surface area contributed by atoms with Gasteiger partial charge in [-0.05, 0) is 51.8 Å². The van der Waals surface area contributed by atoms with E-state index in [1.807, 2.05) is 6.07 Å². The van der Waals surface area contributed by atoms with Crippen molar-refractivity contribution in [3.8, 4) is 0 Å². The van der Waals surface area contributed by atoms with Crippen LogP contribution in [0.4, 0.5) is 8.78 Å². The largest absolute Gasteiger partial charge is 0.387 e. The number of halogens is 3. The van der Waals surface area contributed by atoms with E-state index in [0.717, 1.165) is 26.9 Å². The Morgan fingerprint density at radius 2 is 2.00 bits per heavy atom. The predicted octanol–water partition coefficient (Wildman–Crippen LogP) is 4.06. The van der Waals surface area contributed by atoms with Gasteiger partial charge < -0.3 is 5.11 Å². The van der Waals surface area contributed by atoms with Crippen molar-refractivity contribution in [3.05, 3.63) is 56.2 Å². The van der Waals surface area contributed by atoms with Crippen molar-refractivity contribution in [2.75, 3.05) is 0 Å². The Kier molecular flexibility index (Phi) is 3.91. The normalized spacial score (nSPS) is 12.7. The zero-order chi connectivity index (χ0) is 12.4. The van der Waals surface area contributed by atoms with Gasteiger partial charge in [0, 0.05) is 11.3 Å². The molecule has 0 fully saturated rings. The first-order valence-electron chi connectivity index (χ1n) is 4.93. The average molecular weight is 319 g/mol. The van der Waals surface area contributed by atoms with Crippen LogP contribution in [0.2, 0.25) is 0 Å². The van der Waals surface area contributed by atoms with E-state index in [2.05, 4.69) is 15.9 Å². The fourth-order valence-corrected chi connectivity index (χ4v) is 2.93. The second-order valence-electron chi connectivity index (χ2n) is 3.60. The van der Waals surface area contributed by atoms with Crippen LogP contribution in [-0.4, -0.2) is 5.11 Å². The smallest absolute Gasteiger partial charge is 0.126 e. The summed E-state index contributed by atoms with van der Waals surface area (Å²) in [6, 6.07) is 6.82. The number of benzene rings is 1. The molecule has 0 aliphatic rings. The van der Waals surface area contributed by atoms with Gasteiger partial charge in [0.25, 0.3) is 0 Å². The zero-order valence-electron chi connectivity index (χ0n) is 8.66. The van der Waals surface area contributed by atoms with Crippen molar-refractivity contribution in [2.24, 2.45) is 0 Å². The lowest BCUT2D eigenvalue weighted by atomic mass is 10.1. The molecule has 1 atom stereocenters. The SMILES string of the molecule is OC(Cc1cc(F)ccc1F)c1ccc(Br)s1. The number of aliphatic hydroxyl groups is 1. The van der Waals surface area contributed by atoms with Crippen molar-refractivity contribution in [2.45, 2.75) is 12.5 Å². The van der Waals surface area contributed by atoms with Gasteiger partial charge in [0.05, 0.1) is 9.89 Å². The molecule has 0 aliphatic heterocycles. The molecule has 90 valence electrons. The van der Waals surface area contributed by atoms with Gasteiger partial charge >= 0.3 is 0 Å². The van der Waals surface area contributed by atoms with Gasteiger partial charge in [-0.1, -0.05) is 0 Å². The molecule has 0 aliphatic carbocycles. The molecule has 2 aromatic rings. The van der Waals surface area contributed by atoms with Crippen LogP contribution in [0.15, 0.2) is 34.1 Å². The Hall–Kier alpha value is -0.780. The zero-order valence-corrected chi connectivity index (χ0v) is 11.1. The highest BCUT2D eigenvalue weighted by atomic mass is 79.9. The molecule has 1 unspecified atom stereocenters. The van der Waals surface area contributed by atoms with Crippen LogP contribution >= 0.6 is 27.3 Å². The number of hydrogen-bond donors (Lipinski definition) is 1. The summed E-state index contributed by atoms with van der Waals surface area (Å²) in [7, 11) is 0. The molecule has 0 saturated heterocycles. The summed E-state index contributed by atoms with van der Waals surface area (Å²) in [5.74, 6) is -0.998. The minimum atomic E-state index is -0.817. The molecule has 0 saturated carbocycles. The van der Waals surface area contributed by atoms with Crippen LogP contribution < -0.4 is 0 Å². The molecule has 1 heterocycles. The van der Waals surface area contributed by atoms with Gasteiger partial charge in [0.1, 0.15) is 11.6 Å². The van der Waals surface area contributed by atoms with E-state index in [0.29, 0.717) is 0 Å². The van der Waals surface area contributed by atoms with Gasteiger partial charge in [-0.25, -0.2) is 8.78 Å². The second-order valence-corrected chi connectivity index (χ2v) is 6.09. The van der Waals surface area contributed by atoms with E-state index in [9.17, 15) is 13.9 Å². The quantitative estimate of drug-likeness (QED) is 0.904. The van der Waals surface area contributed by atoms with E-state index in [4.69, 9.17) is 0 Å². The van der Waals surface area contributed by atoms with Crippen LogP contribution in [0, 0.1) is 11.6 Å². The summed E-state index contributed by atoms with van der Waals surface area (Å²) in [5.41, 5.74) is 0.182. The number of rotatable bonds is 3. The standard InChI is InChI=1S/C12H9BrF2OS/c13-12-4-3-11(17-12)10(16)6-7-5-8(14)1-2-9(7)15/h1-5,10,16H,6H2. The van der Waals surface area contributed by atoms with Crippen LogP contribution in [0.1, 0.15) is 16.5 Å². The summed E-state index contributed by atoms with van der Waals surface area (Å²) < 4.78 is 27.2. The molecule has 17 heavy (non-hydrogen) atoms. The first kappa shape index (κ1) is 12.7. The third-order valence-corrected chi connectivity index (χ3v) is 4.07. The Balaban J connectivity index is 2.18. The summed E-state index contributed by atoms with van der Waals surface area (Å²) >= 11 is 4.66. The van der Waals surface area contributed by atoms with Crippen LogP contribution in [0.25, 0.3) is 0 Å². The third kappa shape index (κ3) is 3.12. The number of aliphatic hydroxyl groups excluding tert-OH is 1. The van der Waals surface area contributed by atoms with Gasteiger partial charge in [-0.15, -0.1) is 11.3 Å². The Labute approximate surface area is 110 Å². The molecule has 0 bridgehead atoms. The van der Waals surface area contributed by atoms with Gasteiger partial charge in [-0.2, -0.15) is 0 Å². The lowest BCUT2D eigenvalue weighted by Gasteiger charge is -2.09. The molecule has 2 rings (SSSR count). The minimum Gasteiger partial charge on any atom is -0.387 e. The molecule has 5 heteroatoms. The molecular weight excluding hydrogens is 310 g/mol. The van der Waals surface area contributed by atoms with Crippen molar-refractivity contribution >= 4 is 27.3 Å². The average Bonchev–Trinajstić information content (AvgIpc) is 2.70. The summed E-state index contributed by atoms with van der Waals surface area (Å²) in [5, 5.41) is 9.90. The molecule has 1 N–H and O–H groups in total. The highest BCUT2D eigenvalue weighted by Gasteiger charge is 2.14. The predicted molar refractivity (Wildman–Crippen MR) is 67.0 cm³/mol. The molecule has 0 spiro atoms. The first-order valence-corrected chi connectivity index (χ1v) is 6.54. The van der Waals surface area contributed by atoms with Gasteiger partial charge in [0.2, 0.25) is 0 Å². The monoisotopic (exact) mass is 318 g/mol. The molecule has 1 nitrogen and oxygen atoms in total. The maximum absolute atomic E-state index is 13.4. The highest BCUT2D eigenvalue weighted by molar-refractivity contribution is 9.11. The first-order chi connectivity index (χ1) is 8.06. The van der Waals surface area contributed by atoms with Gasteiger partial charge in [0.15, 0.2) is 0 Å². The second kappa shape index (κ2) is 5.25. The van der Waals surface area contributed by atoms with Crippen molar-refractivity contribution in [1.29, 1.82) is 0 Å². The van der Waals surface area contributed by atoms with Gasteiger partial charge in [-0.3, -0.25) is 0 Å². The topological polar surface area (TPSA) is 20.2 Å². The van der Waals surface area contributed by atoms with E-state index in [1.165, 1.54) is 11.3 Å².